The highest BCUT2D eigenvalue weighted by atomic mass is 14.3. The monoisotopic (exact) mass is 560 g/mol. The molecular weight excluding hydrogens is 516 g/mol. The third kappa shape index (κ3) is 6.35. The fourth-order valence-electron chi connectivity index (χ4n) is 6.01. The van der Waals surface area contributed by atoms with Crippen LogP contribution in [0.3, 0.4) is 0 Å². The molecule has 0 aliphatic heterocycles. The molecule has 0 aromatic heterocycles. The van der Waals surface area contributed by atoms with Crippen LogP contribution in [-0.2, 0) is 5.41 Å². The molecule has 0 amide bonds. The van der Waals surface area contributed by atoms with Crippen LogP contribution in [0.2, 0.25) is 0 Å². The molecule has 0 heterocycles. The normalized spacial score (nSPS) is 13.6. The van der Waals surface area contributed by atoms with E-state index in [1.54, 1.807) is 0 Å². The molecule has 4 aromatic rings. The van der Waals surface area contributed by atoms with E-state index in [-0.39, 0.29) is 5.41 Å². The van der Waals surface area contributed by atoms with Crippen molar-refractivity contribution in [3.8, 4) is 33.4 Å². The number of benzene rings is 4. The maximum absolute atomic E-state index is 4.30. The fourth-order valence-corrected chi connectivity index (χ4v) is 6.01. The van der Waals surface area contributed by atoms with Crippen molar-refractivity contribution in [1.29, 1.82) is 0 Å². The third-order valence-electron chi connectivity index (χ3n) is 8.43. The van der Waals surface area contributed by atoms with E-state index in [4.69, 9.17) is 0 Å². The molecule has 0 heteroatoms. The summed E-state index contributed by atoms with van der Waals surface area (Å²) in [5.41, 5.74) is 14.8. The first-order valence-electron chi connectivity index (χ1n) is 15.5. The fraction of sp³-hybridized carbons (Fsp3) is 0.209. The predicted octanol–water partition coefficient (Wildman–Crippen LogP) is 12.6. The third-order valence-corrected chi connectivity index (χ3v) is 8.43. The molecule has 0 fully saturated rings. The molecule has 5 rings (SSSR count). The second-order valence-electron chi connectivity index (χ2n) is 12.8. The van der Waals surface area contributed by atoms with Gasteiger partial charge < -0.3 is 0 Å². The molecule has 1 aliphatic rings. The zero-order valence-electron chi connectivity index (χ0n) is 26.5. The van der Waals surface area contributed by atoms with E-state index >= 15 is 0 Å². The van der Waals surface area contributed by atoms with Crippen molar-refractivity contribution in [3.63, 3.8) is 0 Å². The molecule has 0 radical (unpaired) electrons. The van der Waals surface area contributed by atoms with Gasteiger partial charge in [-0.05, 0) is 97.0 Å². The lowest BCUT2D eigenvalue weighted by molar-refractivity contribution is 0.590. The molecule has 4 aromatic carbocycles. The molecule has 0 saturated heterocycles. The maximum Gasteiger partial charge on any atom is -0.00147 e. The summed E-state index contributed by atoms with van der Waals surface area (Å²) in [6.07, 6.45) is 15.1. The molecule has 43 heavy (non-hydrogen) atoms. The zero-order chi connectivity index (χ0) is 30.6. The van der Waals surface area contributed by atoms with E-state index in [1.807, 2.05) is 12.2 Å². The molecule has 0 spiro atoms. The SMILES string of the molecule is C=C/C=C(\C=C)c1c(C2=CCCC=C2)c(-c2ccccc2)cc(-c2ccc(C(C)(C)C)cc2)c1-c1ccc(C(C)C)cc1. The van der Waals surface area contributed by atoms with Crippen LogP contribution in [-0.4, -0.2) is 0 Å². The highest BCUT2D eigenvalue weighted by Gasteiger charge is 2.25. The van der Waals surface area contributed by atoms with Gasteiger partial charge >= 0.3 is 0 Å². The van der Waals surface area contributed by atoms with Gasteiger partial charge in [-0.2, -0.15) is 0 Å². The van der Waals surface area contributed by atoms with Crippen LogP contribution in [0.25, 0.3) is 44.5 Å². The Bertz CT molecular complexity index is 1690. The van der Waals surface area contributed by atoms with Crippen LogP contribution in [0.4, 0.5) is 0 Å². The molecule has 0 N–H and O–H groups in total. The summed E-state index contributed by atoms with van der Waals surface area (Å²) in [6.45, 7) is 19.7. The Hall–Kier alpha value is -4.42. The van der Waals surface area contributed by atoms with Crippen LogP contribution in [0, 0.1) is 0 Å². The van der Waals surface area contributed by atoms with Crippen LogP contribution >= 0.6 is 0 Å². The Balaban J connectivity index is 1.97. The van der Waals surface area contributed by atoms with Crippen molar-refractivity contribution >= 4 is 11.1 Å². The van der Waals surface area contributed by atoms with E-state index in [0.717, 1.165) is 18.4 Å². The van der Waals surface area contributed by atoms with Gasteiger partial charge in [0.2, 0.25) is 0 Å². The Labute approximate surface area is 259 Å². The first-order chi connectivity index (χ1) is 20.7. The second kappa shape index (κ2) is 12.8. The van der Waals surface area contributed by atoms with Crippen LogP contribution < -0.4 is 0 Å². The van der Waals surface area contributed by atoms with Crippen molar-refractivity contribution in [2.45, 2.75) is 58.8 Å². The van der Waals surface area contributed by atoms with Crippen molar-refractivity contribution in [2.75, 3.05) is 0 Å². The topological polar surface area (TPSA) is 0 Å². The van der Waals surface area contributed by atoms with E-state index in [9.17, 15) is 0 Å². The van der Waals surface area contributed by atoms with Crippen molar-refractivity contribution in [1.82, 2.24) is 0 Å². The zero-order valence-corrected chi connectivity index (χ0v) is 26.5. The van der Waals surface area contributed by atoms with Crippen LogP contribution in [0.1, 0.15) is 75.6 Å². The second-order valence-corrected chi connectivity index (χ2v) is 12.8. The minimum Gasteiger partial charge on any atom is -0.0990 e. The summed E-state index contributed by atoms with van der Waals surface area (Å²) in [5, 5.41) is 0. The highest BCUT2D eigenvalue weighted by molar-refractivity contribution is 6.05. The lowest BCUT2D eigenvalue weighted by atomic mass is 9.77. The summed E-state index contributed by atoms with van der Waals surface area (Å²) in [4.78, 5) is 0. The molecule has 0 saturated carbocycles. The summed E-state index contributed by atoms with van der Waals surface area (Å²) in [7, 11) is 0. The van der Waals surface area contributed by atoms with E-state index in [0.29, 0.717) is 5.92 Å². The van der Waals surface area contributed by atoms with Gasteiger partial charge in [0.05, 0.1) is 0 Å². The Morgan fingerprint density at radius 3 is 1.93 bits per heavy atom. The Kier molecular flexibility index (Phi) is 8.97. The molecule has 0 unspecified atom stereocenters. The summed E-state index contributed by atoms with van der Waals surface area (Å²) < 4.78 is 0. The standard InChI is InChI=1S/C43H44/c1-8-16-31(9-2)42-40(35-19-14-11-15-20-35)38(33-17-12-10-13-18-33)29-39(34-25-27-37(28-26-34)43(5,6)7)41(42)36-23-21-32(22-24-36)30(3)4/h8-10,12-14,16-30H,1-2,11,15H2,3-7H3/b31-16+. The molecule has 0 atom stereocenters. The highest BCUT2D eigenvalue weighted by Crippen LogP contribution is 2.48. The van der Waals surface area contributed by atoms with Crippen LogP contribution in [0.5, 0.6) is 0 Å². The lowest BCUT2D eigenvalue weighted by Gasteiger charge is -2.26. The van der Waals surface area contributed by atoms with Gasteiger partial charge in [0.15, 0.2) is 0 Å². The van der Waals surface area contributed by atoms with Gasteiger partial charge in [0.25, 0.3) is 0 Å². The predicted molar refractivity (Wildman–Crippen MR) is 190 cm³/mol. The molecular formula is C43H44. The van der Waals surface area contributed by atoms with Crippen LogP contribution in [0.15, 0.2) is 135 Å². The van der Waals surface area contributed by atoms with E-state index in [1.165, 1.54) is 61.2 Å². The Morgan fingerprint density at radius 1 is 0.744 bits per heavy atom. The van der Waals surface area contributed by atoms with Crippen molar-refractivity contribution in [3.05, 3.63) is 157 Å². The van der Waals surface area contributed by atoms with Crippen molar-refractivity contribution < 1.29 is 0 Å². The average Bonchev–Trinajstić information content (AvgIpc) is 3.03. The average molecular weight is 561 g/mol. The quantitative estimate of drug-likeness (QED) is 0.188. The first-order valence-corrected chi connectivity index (χ1v) is 15.5. The molecule has 1 aliphatic carbocycles. The first kappa shape index (κ1) is 30.1. The van der Waals surface area contributed by atoms with Gasteiger partial charge in [-0.3, -0.25) is 0 Å². The van der Waals surface area contributed by atoms with E-state index < -0.39 is 0 Å². The summed E-state index contributed by atoms with van der Waals surface area (Å²) in [5.74, 6) is 0.468. The largest absolute Gasteiger partial charge is 0.0990 e. The Morgan fingerprint density at radius 2 is 1.37 bits per heavy atom. The molecule has 0 nitrogen and oxygen atoms in total. The smallest absolute Gasteiger partial charge is 0.00147 e. The lowest BCUT2D eigenvalue weighted by Crippen LogP contribution is -2.10. The molecule has 0 bridgehead atoms. The maximum atomic E-state index is 4.30. The summed E-state index contributed by atoms with van der Waals surface area (Å²) in [6, 6.07) is 31.6. The minimum atomic E-state index is 0.0841. The van der Waals surface area contributed by atoms with Gasteiger partial charge in [-0.25, -0.2) is 0 Å². The van der Waals surface area contributed by atoms with Gasteiger partial charge in [0, 0.05) is 0 Å². The van der Waals surface area contributed by atoms with Gasteiger partial charge in [0.1, 0.15) is 0 Å². The van der Waals surface area contributed by atoms with Gasteiger partial charge in [-0.1, -0.05) is 163 Å². The minimum absolute atomic E-state index is 0.0841. The van der Waals surface area contributed by atoms with Gasteiger partial charge in [-0.15, -0.1) is 0 Å². The summed E-state index contributed by atoms with van der Waals surface area (Å²) >= 11 is 0. The number of hydrogen-bond acceptors (Lipinski definition) is 0. The molecule has 216 valence electrons. The van der Waals surface area contributed by atoms with E-state index in [2.05, 4.69) is 157 Å². The number of hydrogen-bond donors (Lipinski definition) is 0. The van der Waals surface area contributed by atoms with Crippen molar-refractivity contribution in [2.24, 2.45) is 0 Å². The number of allylic oxidation sites excluding steroid dienone is 8. The number of rotatable bonds is 8.